The van der Waals surface area contributed by atoms with Gasteiger partial charge in [-0.2, -0.15) is 0 Å². The number of nitrogens with zero attached hydrogens (tertiary/aromatic N) is 4. The standard InChI is InChI=1S/C36H29N5OS/c1-42-30-22-23-32-31(24-30)33(26-14-6-2-7-15-26)34(37-32)35-38-40(36(43)41(35)29-20-12-5-13-21-29)25-39(27-16-8-3-9-17-27)28-18-10-4-11-19-28/h2-24,37H,25H2,1H3. The molecule has 7 rings (SSSR count). The molecule has 6 nitrogen and oxygen atoms in total. The third-order valence-corrected chi connectivity index (χ3v) is 7.95. The maximum absolute atomic E-state index is 6.20. The van der Waals surface area contributed by atoms with Crippen molar-refractivity contribution in [3.8, 4) is 34.1 Å². The highest BCUT2D eigenvalue weighted by molar-refractivity contribution is 7.71. The van der Waals surface area contributed by atoms with Crippen molar-refractivity contribution >= 4 is 34.5 Å². The molecule has 0 unspecified atom stereocenters. The third-order valence-electron chi connectivity index (χ3n) is 7.56. The Bertz CT molecular complexity index is 2010. The number of aromatic nitrogens is 4. The smallest absolute Gasteiger partial charge is 0.204 e. The fourth-order valence-corrected chi connectivity index (χ4v) is 5.79. The number of benzene rings is 5. The number of methoxy groups -OCH3 is 1. The molecule has 5 aromatic carbocycles. The molecule has 7 heteroatoms. The second-order valence-corrected chi connectivity index (χ2v) is 10.5. The summed E-state index contributed by atoms with van der Waals surface area (Å²) >= 11 is 6.20. The number of anilines is 2. The van der Waals surface area contributed by atoms with Crippen molar-refractivity contribution in [2.24, 2.45) is 0 Å². The molecule has 7 aromatic rings. The number of fused-ring (bicyclic) bond motifs is 1. The summed E-state index contributed by atoms with van der Waals surface area (Å²) in [7, 11) is 1.69. The zero-order valence-electron chi connectivity index (χ0n) is 23.6. The lowest BCUT2D eigenvalue weighted by Gasteiger charge is -2.24. The monoisotopic (exact) mass is 579 g/mol. The summed E-state index contributed by atoms with van der Waals surface area (Å²) < 4.78 is 10.2. The van der Waals surface area contributed by atoms with Gasteiger partial charge in [0, 0.05) is 27.8 Å². The molecule has 0 aliphatic carbocycles. The van der Waals surface area contributed by atoms with Gasteiger partial charge in [0.15, 0.2) is 5.82 Å². The number of aromatic amines is 1. The molecule has 0 aliphatic rings. The van der Waals surface area contributed by atoms with Crippen molar-refractivity contribution in [2.75, 3.05) is 12.0 Å². The summed E-state index contributed by atoms with van der Waals surface area (Å²) in [5.74, 6) is 1.52. The third kappa shape index (κ3) is 5.00. The lowest BCUT2D eigenvalue weighted by molar-refractivity contribution is 0.415. The fourth-order valence-electron chi connectivity index (χ4n) is 5.50. The van der Waals surface area contributed by atoms with Crippen LogP contribution in [0.25, 0.3) is 39.2 Å². The molecule has 0 spiro atoms. The summed E-state index contributed by atoms with van der Waals surface area (Å²) in [4.78, 5) is 5.90. The van der Waals surface area contributed by atoms with Crippen LogP contribution >= 0.6 is 12.2 Å². The first-order valence-electron chi connectivity index (χ1n) is 14.1. The van der Waals surface area contributed by atoms with Crippen LogP contribution in [0.15, 0.2) is 140 Å². The van der Waals surface area contributed by atoms with Crippen molar-refractivity contribution < 1.29 is 4.74 Å². The highest BCUT2D eigenvalue weighted by Gasteiger charge is 2.24. The summed E-state index contributed by atoms with van der Waals surface area (Å²) in [6.45, 7) is 0.425. The molecule has 0 radical (unpaired) electrons. The van der Waals surface area contributed by atoms with Crippen LogP contribution in [0.4, 0.5) is 11.4 Å². The Labute approximate surface area is 255 Å². The van der Waals surface area contributed by atoms with Gasteiger partial charge in [-0.1, -0.05) is 84.9 Å². The van der Waals surface area contributed by atoms with Gasteiger partial charge in [0.1, 0.15) is 12.4 Å². The van der Waals surface area contributed by atoms with Crippen molar-refractivity contribution in [2.45, 2.75) is 6.67 Å². The Balaban J connectivity index is 1.47. The zero-order chi connectivity index (χ0) is 29.2. The second kappa shape index (κ2) is 11.5. The minimum Gasteiger partial charge on any atom is -0.497 e. The first-order chi connectivity index (χ1) is 21.2. The van der Waals surface area contributed by atoms with Gasteiger partial charge < -0.3 is 14.6 Å². The van der Waals surface area contributed by atoms with Crippen molar-refractivity contribution in [1.29, 1.82) is 0 Å². The molecule has 2 heterocycles. The summed E-state index contributed by atoms with van der Waals surface area (Å²) in [5.41, 5.74) is 7.03. The molecule has 0 aliphatic heterocycles. The van der Waals surface area contributed by atoms with Gasteiger partial charge in [-0.25, -0.2) is 4.68 Å². The quantitative estimate of drug-likeness (QED) is 0.183. The maximum Gasteiger partial charge on any atom is 0.204 e. The Morgan fingerprint density at radius 3 is 1.93 bits per heavy atom. The molecule has 2 aromatic heterocycles. The molecule has 210 valence electrons. The van der Waals surface area contributed by atoms with Gasteiger partial charge >= 0.3 is 0 Å². The molecule has 0 amide bonds. The van der Waals surface area contributed by atoms with E-state index < -0.39 is 0 Å². The summed E-state index contributed by atoms with van der Waals surface area (Å²) in [5, 5.41) is 6.29. The molecule has 0 saturated carbocycles. The molecule has 0 saturated heterocycles. The number of hydrogen-bond donors (Lipinski definition) is 1. The van der Waals surface area contributed by atoms with Gasteiger partial charge in [0.25, 0.3) is 0 Å². The van der Waals surface area contributed by atoms with Gasteiger partial charge in [-0.05, 0) is 72.4 Å². The number of hydrogen-bond acceptors (Lipinski definition) is 4. The minimum absolute atomic E-state index is 0.425. The predicted molar refractivity (Wildman–Crippen MR) is 177 cm³/mol. The van der Waals surface area contributed by atoms with Crippen molar-refractivity contribution in [3.05, 3.63) is 144 Å². The van der Waals surface area contributed by atoms with Gasteiger partial charge in [0.05, 0.1) is 18.5 Å². The van der Waals surface area contributed by atoms with E-state index in [-0.39, 0.29) is 0 Å². The van der Waals surface area contributed by atoms with E-state index in [9.17, 15) is 0 Å². The summed E-state index contributed by atoms with van der Waals surface area (Å²) in [6, 6.07) is 47.3. The second-order valence-electron chi connectivity index (χ2n) is 10.2. The van der Waals surface area contributed by atoms with Crippen LogP contribution in [0.2, 0.25) is 0 Å². The van der Waals surface area contributed by atoms with Gasteiger partial charge in [-0.3, -0.25) is 4.57 Å². The molecule has 0 bridgehead atoms. The Hall–Kier alpha value is -5.40. The molecule has 1 N–H and O–H groups in total. The van der Waals surface area contributed by atoms with Gasteiger partial charge in [-0.15, -0.1) is 5.10 Å². The van der Waals surface area contributed by atoms with E-state index in [0.717, 1.165) is 56.4 Å². The van der Waals surface area contributed by atoms with Crippen molar-refractivity contribution in [1.82, 2.24) is 19.3 Å². The van der Waals surface area contributed by atoms with Crippen LogP contribution < -0.4 is 9.64 Å². The number of para-hydroxylation sites is 3. The number of rotatable bonds is 8. The Kier molecular flexibility index (Phi) is 7.07. The van der Waals surface area contributed by atoms with E-state index in [4.69, 9.17) is 22.1 Å². The predicted octanol–water partition coefficient (Wildman–Crippen LogP) is 9.02. The first kappa shape index (κ1) is 26.5. The lowest BCUT2D eigenvalue weighted by Crippen LogP contribution is -2.22. The van der Waals surface area contributed by atoms with Crippen LogP contribution in [0.3, 0.4) is 0 Å². The number of H-pyrrole nitrogens is 1. The fraction of sp³-hybridized carbons (Fsp3) is 0.0556. The molecular formula is C36H29N5OS. The minimum atomic E-state index is 0.425. The van der Waals surface area contributed by atoms with Crippen LogP contribution in [0, 0.1) is 4.77 Å². The SMILES string of the molecule is COc1ccc2[nH]c(-c3nn(CN(c4ccccc4)c4ccccc4)c(=S)n3-c3ccccc3)c(-c3ccccc3)c2c1. The zero-order valence-corrected chi connectivity index (χ0v) is 24.4. The number of nitrogens with one attached hydrogen (secondary N) is 1. The average molecular weight is 580 g/mol. The van der Waals surface area contributed by atoms with E-state index >= 15 is 0 Å². The van der Waals surface area contributed by atoms with Crippen molar-refractivity contribution in [3.63, 3.8) is 0 Å². The Morgan fingerprint density at radius 1 is 0.744 bits per heavy atom. The van der Waals surface area contributed by atoms with E-state index in [2.05, 4.69) is 87.2 Å². The van der Waals surface area contributed by atoms with E-state index in [1.165, 1.54) is 0 Å². The number of ether oxygens (including phenoxy) is 1. The molecule has 0 atom stereocenters. The normalized spacial score (nSPS) is 11.1. The highest BCUT2D eigenvalue weighted by atomic mass is 32.1. The average Bonchev–Trinajstić information content (AvgIpc) is 3.61. The van der Waals surface area contributed by atoms with Crippen LogP contribution in [0.1, 0.15) is 0 Å². The topological polar surface area (TPSA) is 51.0 Å². The van der Waals surface area contributed by atoms with Crippen LogP contribution in [0.5, 0.6) is 5.75 Å². The van der Waals surface area contributed by atoms with E-state index in [0.29, 0.717) is 11.4 Å². The highest BCUT2D eigenvalue weighted by Crippen LogP contribution is 2.40. The van der Waals surface area contributed by atoms with E-state index in [1.807, 2.05) is 71.4 Å². The van der Waals surface area contributed by atoms with Crippen LogP contribution in [-0.4, -0.2) is 26.4 Å². The largest absolute Gasteiger partial charge is 0.497 e. The molecule has 43 heavy (non-hydrogen) atoms. The van der Waals surface area contributed by atoms with Gasteiger partial charge in [0.2, 0.25) is 4.77 Å². The maximum atomic E-state index is 6.20. The molecular weight excluding hydrogens is 550 g/mol. The molecule has 0 fully saturated rings. The van der Waals surface area contributed by atoms with E-state index in [1.54, 1.807) is 7.11 Å². The lowest BCUT2D eigenvalue weighted by atomic mass is 10.0. The first-order valence-corrected chi connectivity index (χ1v) is 14.5. The Morgan fingerprint density at radius 2 is 1.33 bits per heavy atom. The van der Waals surface area contributed by atoms with Crippen LogP contribution in [-0.2, 0) is 6.67 Å². The summed E-state index contributed by atoms with van der Waals surface area (Å²) in [6.07, 6.45) is 0.